The molecule has 1 aromatic carbocycles. The SMILES string of the molecule is CCNC(=NCC(C)(C)c1ccc(Cl)cc1)NCC(C)(O)c1cnn(C)c1. The molecule has 6 nitrogen and oxygen atoms in total. The maximum absolute atomic E-state index is 10.7. The minimum Gasteiger partial charge on any atom is -0.383 e. The highest BCUT2D eigenvalue weighted by atomic mass is 35.5. The topological polar surface area (TPSA) is 74.5 Å². The zero-order valence-corrected chi connectivity index (χ0v) is 17.5. The summed E-state index contributed by atoms with van der Waals surface area (Å²) in [6, 6.07) is 7.87. The van der Waals surface area contributed by atoms with Crippen molar-refractivity contribution in [3.63, 3.8) is 0 Å². The molecule has 0 saturated carbocycles. The molecule has 0 saturated heterocycles. The molecule has 2 aromatic rings. The number of hydrogen-bond donors (Lipinski definition) is 3. The van der Waals surface area contributed by atoms with Crippen LogP contribution in [0.5, 0.6) is 0 Å². The standard InChI is InChI=1S/C20H30ClN5O/c1-6-22-18(24-14-20(4,27)16-11-25-26(5)12-16)23-13-19(2,3)15-7-9-17(21)10-8-15/h7-12,27H,6,13-14H2,1-5H3,(H2,22,23,24). The van der Waals surface area contributed by atoms with E-state index in [2.05, 4.69) is 29.6 Å². The van der Waals surface area contributed by atoms with Crippen molar-refractivity contribution in [3.05, 3.63) is 52.8 Å². The predicted octanol–water partition coefficient (Wildman–Crippen LogP) is 2.81. The summed E-state index contributed by atoms with van der Waals surface area (Å²) < 4.78 is 1.68. The molecule has 0 aliphatic heterocycles. The molecular formula is C20H30ClN5O. The minimum absolute atomic E-state index is 0.140. The van der Waals surface area contributed by atoms with Crippen LogP contribution in [0.2, 0.25) is 5.02 Å². The van der Waals surface area contributed by atoms with Crippen molar-refractivity contribution in [1.82, 2.24) is 20.4 Å². The Hall–Kier alpha value is -2.05. The highest BCUT2D eigenvalue weighted by Gasteiger charge is 2.25. The molecule has 2 rings (SSSR count). The third-order valence-corrected chi connectivity index (χ3v) is 4.78. The van der Waals surface area contributed by atoms with Crippen LogP contribution in [0.1, 0.15) is 38.8 Å². The molecule has 7 heteroatoms. The van der Waals surface area contributed by atoms with Gasteiger partial charge in [0, 0.05) is 35.8 Å². The molecule has 0 aliphatic carbocycles. The lowest BCUT2D eigenvalue weighted by Gasteiger charge is -2.26. The number of aromatic nitrogens is 2. The van der Waals surface area contributed by atoms with Gasteiger partial charge in [-0.3, -0.25) is 9.67 Å². The number of hydrogen-bond acceptors (Lipinski definition) is 3. The average molecular weight is 392 g/mol. The third kappa shape index (κ3) is 5.97. The van der Waals surface area contributed by atoms with Crippen molar-refractivity contribution in [2.24, 2.45) is 12.0 Å². The first-order chi connectivity index (χ1) is 12.6. The van der Waals surface area contributed by atoms with Crippen LogP contribution in [0.4, 0.5) is 0 Å². The molecule has 1 unspecified atom stereocenters. The van der Waals surface area contributed by atoms with Gasteiger partial charge in [0.05, 0.1) is 19.3 Å². The van der Waals surface area contributed by atoms with Crippen LogP contribution in [0.3, 0.4) is 0 Å². The van der Waals surface area contributed by atoms with E-state index in [4.69, 9.17) is 16.6 Å². The number of guanidine groups is 1. The lowest BCUT2D eigenvalue weighted by atomic mass is 9.85. The van der Waals surface area contributed by atoms with Crippen LogP contribution in [0.25, 0.3) is 0 Å². The van der Waals surface area contributed by atoms with Crippen molar-refractivity contribution >= 4 is 17.6 Å². The number of nitrogens with one attached hydrogen (secondary N) is 2. The molecule has 0 radical (unpaired) electrons. The van der Waals surface area contributed by atoms with Crippen LogP contribution in [-0.2, 0) is 18.1 Å². The number of aliphatic imine (C=N–C) groups is 1. The summed E-state index contributed by atoms with van der Waals surface area (Å²) in [5.74, 6) is 0.670. The largest absolute Gasteiger partial charge is 0.383 e. The molecule has 0 fully saturated rings. The maximum atomic E-state index is 10.7. The molecule has 1 heterocycles. The van der Waals surface area contributed by atoms with Gasteiger partial charge < -0.3 is 15.7 Å². The predicted molar refractivity (Wildman–Crippen MR) is 111 cm³/mol. The van der Waals surface area contributed by atoms with E-state index in [1.807, 2.05) is 44.4 Å². The molecule has 0 bridgehead atoms. The van der Waals surface area contributed by atoms with Crippen LogP contribution >= 0.6 is 11.6 Å². The number of aryl methyl sites for hydroxylation is 1. The van der Waals surface area contributed by atoms with Crippen LogP contribution in [0, 0.1) is 0 Å². The van der Waals surface area contributed by atoms with Gasteiger partial charge in [0.1, 0.15) is 5.60 Å². The summed E-state index contributed by atoms with van der Waals surface area (Å²) in [7, 11) is 1.83. The first-order valence-corrected chi connectivity index (χ1v) is 9.51. The van der Waals surface area contributed by atoms with E-state index in [1.54, 1.807) is 17.8 Å². The minimum atomic E-state index is -1.05. The van der Waals surface area contributed by atoms with Gasteiger partial charge >= 0.3 is 0 Å². The van der Waals surface area contributed by atoms with Crippen molar-refractivity contribution < 1.29 is 5.11 Å². The van der Waals surface area contributed by atoms with Crippen molar-refractivity contribution in [2.75, 3.05) is 19.6 Å². The average Bonchev–Trinajstić information content (AvgIpc) is 3.05. The molecule has 3 N–H and O–H groups in total. The Labute approximate surface area is 166 Å². The first-order valence-electron chi connectivity index (χ1n) is 9.14. The van der Waals surface area contributed by atoms with E-state index in [0.717, 1.165) is 17.1 Å². The van der Waals surface area contributed by atoms with Crippen LogP contribution in [0.15, 0.2) is 41.7 Å². The molecule has 1 aromatic heterocycles. The van der Waals surface area contributed by atoms with E-state index in [-0.39, 0.29) is 5.41 Å². The summed E-state index contributed by atoms with van der Waals surface area (Å²) in [5, 5.41) is 22.1. The Morgan fingerprint density at radius 2 is 1.85 bits per heavy atom. The summed E-state index contributed by atoms with van der Waals surface area (Å²) in [4.78, 5) is 4.72. The molecule has 0 amide bonds. The highest BCUT2D eigenvalue weighted by molar-refractivity contribution is 6.30. The Bertz CT molecular complexity index is 765. The second kappa shape index (κ2) is 8.76. The van der Waals surface area contributed by atoms with Crippen LogP contribution < -0.4 is 10.6 Å². The second-order valence-corrected chi connectivity index (χ2v) is 8.05. The smallest absolute Gasteiger partial charge is 0.191 e. The fourth-order valence-corrected chi connectivity index (χ4v) is 2.79. The van der Waals surface area contributed by atoms with Gasteiger partial charge in [-0.1, -0.05) is 37.6 Å². The van der Waals surface area contributed by atoms with E-state index in [9.17, 15) is 5.11 Å². The van der Waals surface area contributed by atoms with Crippen molar-refractivity contribution in [1.29, 1.82) is 0 Å². The number of rotatable bonds is 7. The first kappa shape index (κ1) is 21.3. The Morgan fingerprint density at radius 1 is 1.19 bits per heavy atom. The monoisotopic (exact) mass is 391 g/mol. The van der Waals surface area contributed by atoms with Gasteiger partial charge in [-0.15, -0.1) is 0 Å². The fourth-order valence-electron chi connectivity index (χ4n) is 2.67. The van der Waals surface area contributed by atoms with Gasteiger partial charge in [-0.2, -0.15) is 5.10 Å². The van der Waals surface area contributed by atoms with E-state index < -0.39 is 5.60 Å². The van der Waals surface area contributed by atoms with Crippen molar-refractivity contribution in [2.45, 2.75) is 38.7 Å². The van der Waals surface area contributed by atoms with E-state index >= 15 is 0 Å². The number of halogens is 1. The Kier molecular flexibility index (Phi) is 6.89. The quantitative estimate of drug-likeness (QED) is 0.501. The lowest BCUT2D eigenvalue weighted by molar-refractivity contribution is 0.0616. The summed E-state index contributed by atoms with van der Waals surface area (Å²) in [5.41, 5.74) is 0.748. The molecule has 0 aliphatic rings. The summed E-state index contributed by atoms with van der Waals surface area (Å²) >= 11 is 5.99. The molecule has 148 valence electrons. The normalized spacial score (nSPS) is 14.7. The molecule has 1 atom stereocenters. The maximum Gasteiger partial charge on any atom is 0.191 e. The fraction of sp³-hybridized carbons (Fsp3) is 0.500. The highest BCUT2D eigenvalue weighted by Crippen LogP contribution is 2.25. The zero-order chi connectivity index (χ0) is 20.1. The van der Waals surface area contributed by atoms with Crippen molar-refractivity contribution in [3.8, 4) is 0 Å². The summed E-state index contributed by atoms with van der Waals surface area (Å²) in [6.07, 6.45) is 3.49. The second-order valence-electron chi connectivity index (χ2n) is 7.62. The lowest BCUT2D eigenvalue weighted by Crippen LogP contribution is -2.45. The molecule has 27 heavy (non-hydrogen) atoms. The van der Waals surface area contributed by atoms with Gasteiger partial charge in [0.15, 0.2) is 5.96 Å². The van der Waals surface area contributed by atoms with Gasteiger partial charge in [-0.05, 0) is 31.5 Å². The van der Waals surface area contributed by atoms with Gasteiger partial charge in [0.25, 0.3) is 0 Å². The van der Waals surface area contributed by atoms with Gasteiger partial charge in [-0.25, -0.2) is 0 Å². The Balaban J connectivity index is 2.06. The third-order valence-electron chi connectivity index (χ3n) is 4.53. The van der Waals surface area contributed by atoms with Crippen LogP contribution in [-0.4, -0.2) is 40.5 Å². The number of aliphatic hydroxyl groups is 1. The van der Waals surface area contributed by atoms with E-state index in [1.165, 1.54) is 5.56 Å². The molecular weight excluding hydrogens is 362 g/mol. The molecule has 0 spiro atoms. The van der Waals surface area contributed by atoms with Gasteiger partial charge in [0.2, 0.25) is 0 Å². The Morgan fingerprint density at radius 3 is 2.41 bits per heavy atom. The number of benzene rings is 1. The zero-order valence-electron chi connectivity index (χ0n) is 16.8. The summed E-state index contributed by atoms with van der Waals surface area (Å²) in [6.45, 7) is 9.73. The number of nitrogens with zero attached hydrogens (tertiary/aromatic N) is 3. The van der Waals surface area contributed by atoms with E-state index in [0.29, 0.717) is 19.0 Å².